The Morgan fingerprint density at radius 3 is 2.55 bits per heavy atom. The van der Waals surface area contributed by atoms with Gasteiger partial charge in [-0.05, 0) is 37.3 Å². The van der Waals surface area contributed by atoms with Crippen LogP contribution in [0.15, 0.2) is 54.6 Å². The highest BCUT2D eigenvalue weighted by atomic mass is 16.5. The second-order valence-corrected chi connectivity index (χ2v) is 4.60. The predicted octanol–water partition coefficient (Wildman–Crippen LogP) is 2.74. The molecule has 1 N–H and O–H groups in total. The number of nitriles is 1. The highest BCUT2D eigenvalue weighted by molar-refractivity contribution is 5.97. The molecule has 0 heterocycles. The van der Waals surface area contributed by atoms with Crippen molar-refractivity contribution in [2.75, 3.05) is 5.32 Å². The van der Waals surface area contributed by atoms with Crippen molar-refractivity contribution in [3.8, 4) is 6.07 Å². The Hall–Kier alpha value is -3.13. The van der Waals surface area contributed by atoms with E-state index >= 15 is 0 Å². The van der Waals surface area contributed by atoms with E-state index in [1.807, 2.05) is 12.1 Å². The molecular formula is C17H14N2O3. The first kappa shape index (κ1) is 15.3. The van der Waals surface area contributed by atoms with Gasteiger partial charge in [0.15, 0.2) is 6.10 Å². The third-order valence-corrected chi connectivity index (χ3v) is 2.92. The quantitative estimate of drug-likeness (QED) is 0.879. The average Bonchev–Trinajstić information content (AvgIpc) is 2.55. The molecule has 0 aliphatic rings. The average molecular weight is 294 g/mol. The number of carbonyl (C=O) groups excluding carboxylic acids is 2. The molecule has 0 aliphatic carbocycles. The molecule has 2 aromatic carbocycles. The second-order valence-electron chi connectivity index (χ2n) is 4.60. The highest BCUT2D eigenvalue weighted by Crippen LogP contribution is 2.10. The summed E-state index contributed by atoms with van der Waals surface area (Å²) >= 11 is 0. The van der Waals surface area contributed by atoms with Crippen LogP contribution < -0.4 is 5.32 Å². The number of carbonyl (C=O) groups is 2. The molecular weight excluding hydrogens is 280 g/mol. The second kappa shape index (κ2) is 7.04. The summed E-state index contributed by atoms with van der Waals surface area (Å²) in [6, 6.07) is 17.0. The van der Waals surface area contributed by atoms with Crippen LogP contribution in [0.3, 0.4) is 0 Å². The van der Waals surface area contributed by atoms with E-state index in [0.29, 0.717) is 11.3 Å². The first-order chi connectivity index (χ1) is 10.6. The molecule has 5 nitrogen and oxygen atoms in total. The number of ether oxygens (including phenoxy) is 1. The standard InChI is InChI=1S/C17H14N2O3/c1-12(16(20)19-15-8-3-2-4-9-15)22-17(21)14-7-5-6-13(10-14)11-18/h2-10,12H,1H3,(H,19,20). The lowest BCUT2D eigenvalue weighted by atomic mass is 10.1. The molecule has 0 bridgehead atoms. The minimum Gasteiger partial charge on any atom is -0.449 e. The van der Waals surface area contributed by atoms with E-state index in [1.54, 1.807) is 36.4 Å². The van der Waals surface area contributed by atoms with Crippen molar-refractivity contribution in [1.82, 2.24) is 0 Å². The lowest BCUT2D eigenvalue weighted by molar-refractivity contribution is -0.123. The molecule has 0 spiro atoms. The van der Waals surface area contributed by atoms with Crippen LogP contribution in [0.25, 0.3) is 0 Å². The van der Waals surface area contributed by atoms with Gasteiger partial charge in [0.1, 0.15) is 0 Å². The van der Waals surface area contributed by atoms with Gasteiger partial charge in [-0.15, -0.1) is 0 Å². The van der Waals surface area contributed by atoms with Gasteiger partial charge in [0.05, 0.1) is 17.2 Å². The van der Waals surface area contributed by atoms with Gasteiger partial charge in [0, 0.05) is 5.69 Å². The monoisotopic (exact) mass is 294 g/mol. The Morgan fingerprint density at radius 1 is 1.14 bits per heavy atom. The minimum absolute atomic E-state index is 0.235. The molecule has 0 saturated heterocycles. The summed E-state index contributed by atoms with van der Waals surface area (Å²) in [6.07, 6.45) is -0.946. The van der Waals surface area contributed by atoms with Crippen LogP contribution >= 0.6 is 0 Å². The SMILES string of the molecule is CC(OC(=O)c1cccc(C#N)c1)C(=O)Nc1ccccc1. The summed E-state index contributed by atoms with van der Waals surface area (Å²) in [5.41, 5.74) is 1.22. The molecule has 0 aliphatic heterocycles. The predicted molar refractivity (Wildman–Crippen MR) is 81.1 cm³/mol. The Balaban J connectivity index is 1.98. The van der Waals surface area contributed by atoms with E-state index in [1.165, 1.54) is 19.1 Å². The van der Waals surface area contributed by atoms with E-state index < -0.39 is 18.0 Å². The number of nitrogens with zero attached hydrogens (tertiary/aromatic N) is 1. The molecule has 110 valence electrons. The van der Waals surface area contributed by atoms with Gasteiger partial charge < -0.3 is 10.1 Å². The van der Waals surface area contributed by atoms with Crippen LogP contribution in [0.5, 0.6) is 0 Å². The Bertz CT molecular complexity index is 720. The summed E-state index contributed by atoms with van der Waals surface area (Å²) in [5.74, 6) is -1.07. The first-order valence-electron chi connectivity index (χ1n) is 6.67. The third kappa shape index (κ3) is 3.93. The van der Waals surface area contributed by atoms with Crippen molar-refractivity contribution >= 4 is 17.6 Å². The van der Waals surface area contributed by atoms with Crippen LogP contribution in [-0.2, 0) is 9.53 Å². The van der Waals surface area contributed by atoms with Gasteiger partial charge in [-0.1, -0.05) is 24.3 Å². The zero-order chi connectivity index (χ0) is 15.9. The zero-order valence-electron chi connectivity index (χ0n) is 11.9. The molecule has 1 atom stereocenters. The molecule has 0 saturated carbocycles. The number of benzene rings is 2. The summed E-state index contributed by atoms with van der Waals surface area (Å²) in [5, 5.41) is 11.5. The molecule has 22 heavy (non-hydrogen) atoms. The summed E-state index contributed by atoms with van der Waals surface area (Å²) in [6.45, 7) is 1.49. The maximum absolute atomic E-state index is 12.0. The van der Waals surface area contributed by atoms with E-state index in [9.17, 15) is 9.59 Å². The Labute approximate surface area is 128 Å². The normalized spacial score (nSPS) is 11.1. The number of hydrogen-bond donors (Lipinski definition) is 1. The van der Waals surface area contributed by atoms with Crippen LogP contribution in [0.2, 0.25) is 0 Å². The molecule has 1 unspecified atom stereocenters. The number of esters is 1. The maximum Gasteiger partial charge on any atom is 0.338 e. The molecule has 5 heteroatoms. The Kier molecular flexibility index (Phi) is 4.89. The van der Waals surface area contributed by atoms with E-state index in [0.717, 1.165) is 0 Å². The number of amides is 1. The molecule has 2 rings (SSSR count). The molecule has 2 aromatic rings. The third-order valence-electron chi connectivity index (χ3n) is 2.92. The molecule has 1 amide bonds. The van der Waals surface area contributed by atoms with Crippen molar-refractivity contribution in [1.29, 1.82) is 5.26 Å². The fraction of sp³-hybridized carbons (Fsp3) is 0.118. The van der Waals surface area contributed by atoms with Gasteiger partial charge in [0.2, 0.25) is 0 Å². The highest BCUT2D eigenvalue weighted by Gasteiger charge is 2.19. The number of hydrogen-bond acceptors (Lipinski definition) is 4. The van der Waals surface area contributed by atoms with E-state index in [4.69, 9.17) is 10.00 Å². The smallest absolute Gasteiger partial charge is 0.338 e. The van der Waals surface area contributed by atoms with Crippen LogP contribution in [0, 0.1) is 11.3 Å². The van der Waals surface area contributed by atoms with Gasteiger partial charge in [-0.3, -0.25) is 4.79 Å². The van der Waals surface area contributed by atoms with Crippen molar-refractivity contribution in [2.24, 2.45) is 0 Å². The lowest BCUT2D eigenvalue weighted by Gasteiger charge is -2.13. The van der Waals surface area contributed by atoms with Crippen LogP contribution in [0.1, 0.15) is 22.8 Å². The summed E-state index contributed by atoms with van der Waals surface area (Å²) in [7, 11) is 0. The molecule has 0 fully saturated rings. The lowest BCUT2D eigenvalue weighted by Crippen LogP contribution is -2.30. The largest absolute Gasteiger partial charge is 0.449 e. The Morgan fingerprint density at radius 2 is 1.86 bits per heavy atom. The summed E-state index contributed by atoms with van der Waals surface area (Å²) < 4.78 is 5.11. The van der Waals surface area contributed by atoms with Crippen LogP contribution in [0.4, 0.5) is 5.69 Å². The van der Waals surface area contributed by atoms with Crippen molar-refractivity contribution in [3.05, 3.63) is 65.7 Å². The van der Waals surface area contributed by atoms with Crippen molar-refractivity contribution in [3.63, 3.8) is 0 Å². The molecule has 0 radical (unpaired) electrons. The van der Waals surface area contributed by atoms with Crippen LogP contribution in [-0.4, -0.2) is 18.0 Å². The van der Waals surface area contributed by atoms with E-state index in [2.05, 4.69) is 5.32 Å². The number of para-hydroxylation sites is 1. The topological polar surface area (TPSA) is 79.2 Å². The van der Waals surface area contributed by atoms with Gasteiger partial charge in [0.25, 0.3) is 5.91 Å². The van der Waals surface area contributed by atoms with Crippen molar-refractivity contribution < 1.29 is 14.3 Å². The maximum atomic E-state index is 12.0. The van der Waals surface area contributed by atoms with Crippen molar-refractivity contribution in [2.45, 2.75) is 13.0 Å². The number of nitrogens with one attached hydrogen (secondary N) is 1. The van der Waals surface area contributed by atoms with E-state index in [-0.39, 0.29) is 5.56 Å². The first-order valence-corrected chi connectivity index (χ1v) is 6.67. The van der Waals surface area contributed by atoms with Gasteiger partial charge in [-0.25, -0.2) is 4.79 Å². The fourth-order valence-corrected chi connectivity index (χ4v) is 1.76. The summed E-state index contributed by atoms with van der Waals surface area (Å²) in [4.78, 5) is 23.9. The van der Waals surface area contributed by atoms with Gasteiger partial charge in [-0.2, -0.15) is 5.26 Å². The fourth-order valence-electron chi connectivity index (χ4n) is 1.76. The minimum atomic E-state index is -0.946. The number of rotatable bonds is 4. The molecule has 0 aromatic heterocycles. The zero-order valence-corrected chi connectivity index (χ0v) is 11.9. The van der Waals surface area contributed by atoms with Gasteiger partial charge >= 0.3 is 5.97 Å². The number of anilines is 1.